The molecule has 1 atom stereocenters. The standard InChI is InChI=1S/C22H25ClN4OS/c1-14(20(28)24-18-9-7-6-8-17(18)23)29-21-26-25-19(27(21)5)15-10-12-16(13-11-15)22(2,3)4/h6-14H,1-5H3,(H,24,28). The number of nitrogens with zero attached hydrogens (tertiary/aromatic N) is 3. The minimum absolute atomic E-state index is 0.101. The second-order valence-electron chi connectivity index (χ2n) is 7.92. The molecule has 3 rings (SSSR count). The predicted molar refractivity (Wildman–Crippen MR) is 121 cm³/mol. The minimum atomic E-state index is -0.356. The van der Waals surface area contributed by atoms with Gasteiger partial charge < -0.3 is 9.88 Å². The Balaban J connectivity index is 1.72. The zero-order chi connectivity index (χ0) is 21.2. The van der Waals surface area contributed by atoms with Gasteiger partial charge in [-0.2, -0.15) is 0 Å². The number of benzene rings is 2. The first-order valence-corrected chi connectivity index (χ1v) is 10.6. The molecule has 1 amide bonds. The van der Waals surface area contributed by atoms with Crippen molar-refractivity contribution in [2.24, 2.45) is 7.05 Å². The van der Waals surface area contributed by atoms with Crippen molar-refractivity contribution < 1.29 is 4.79 Å². The molecule has 0 fully saturated rings. The van der Waals surface area contributed by atoms with Crippen LogP contribution in [0.2, 0.25) is 5.02 Å². The van der Waals surface area contributed by atoms with Crippen LogP contribution in [0.5, 0.6) is 0 Å². The van der Waals surface area contributed by atoms with E-state index in [0.717, 1.165) is 11.4 Å². The molecule has 0 spiro atoms. The van der Waals surface area contributed by atoms with E-state index in [1.54, 1.807) is 12.1 Å². The van der Waals surface area contributed by atoms with Crippen LogP contribution in [-0.2, 0) is 17.3 Å². The van der Waals surface area contributed by atoms with Crippen molar-refractivity contribution in [3.05, 3.63) is 59.1 Å². The molecule has 0 saturated carbocycles. The number of thioether (sulfide) groups is 1. The zero-order valence-corrected chi connectivity index (χ0v) is 18.8. The Morgan fingerprint density at radius 2 is 1.76 bits per heavy atom. The summed E-state index contributed by atoms with van der Waals surface area (Å²) in [5, 5.41) is 12.3. The molecule has 0 aliphatic heterocycles. The van der Waals surface area contributed by atoms with Gasteiger partial charge in [-0.25, -0.2) is 0 Å². The fourth-order valence-electron chi connectivity index (χ4n) is 2.80. The number of hydrogen-bond donors (Lipinski definition) is 1. The lowest BCUT2D eigenvalue weighted by Gasteiger charge is -2.19. The molecule has 152 valence electrons. The van der Waals surface area contributed by atoms with Crippen LogP contribution in [0.4, 0.5) is 5.69 Å². The topological polar surface area (TPSA) is 59.8 Å². The fraction of sp³-hybridized carbons (Fsp3) is 0.318. The second-order valence-corrected chi connectivity index (χ2v) is 9.64. The second kappa shape index (κ2) is 8.59. The number of nitrogens with one attached hydrogen (secondary N) is 1. The predicted octanol–water partition coefficient (Wildman–Crippen LogP) is 5.55. The molecule has 5 nitrogen and oxygen atoms in total. The molecule has 7 heteroatoms. The van der Waals surface area contributed by atoms with Crippen LogP contribution in [0.15, 0.2) is 53.7 Å². The highest BCUT2D eigenvalue weighted by Gasteiger charge is 2.20. The first-order valence-electron chi connectivity index (χ1n) is 9.39. The van der Waals surface area contributed by atoms with Crippen molar-refractivity contribution in [2.75, 3.05) is 5.32 Å². The highest BCUT2D eigenvalue weighted by Crippen LogP contribution is 2.29. The van der Waals surface area contributed by atoms with Crippen molar-refractivity contribution in [3.8, 4) is 11.4 Å². The van der Waals surface area contributed by atoms with E-state index in [1.807, 2.05) is 30.7 Å². The summed E-state index contributed by atoms with van der Waals surface area (Å²) in [7, 11) is 1.91. The summed E-state index contributed by atoms with van der Waals surface area (Å²) in [6, 6.07) is 15.5. The number of carbonyl (C=O) groups excluding carboxylic acids is 1. The van der Waals surface area contributed by atoms with E-state index in [0.29, 0.717) is 15.9 Å². The van der Waals surface area contributed by atoms with Gasteiger partial charge in [0.25, 0.3) is 0 Å². The van der Waals surface area contributed by atoms with Crippen molar-refractivity contribution in [1.29, 1.82) is 0 Å². The SMILES string of the molecule is CC(Sc1nnc(-c2ccc(C(C)(C)C)cc2)n1C)C(=O)Nc1ccccc1Cl. The number of halogens is 1. The average Bonchev–Trinajstić information content (AvgIpc) is 3.03. The van der Waals surface area contributed by atoms with E-state index in [9.17, 15) is 4.79 Å². The highest BCUT2D eigenvalue weighted by molar-refractivity contribution is 8.00. The largest absolute Gasteiger partial charge is 0.324 e. The Hall–Kier alpha value is -2.31. The molecular weight excluding hydrogens is 404 g/mol. The van der Waals surface area contributed by atoms with E-state index in [2.05, 4.69) is 60.6 Å². The average molecular weight is 429 g/mol. The number of para-hydroxylation sites is 1. The maximum absolute atomic E-state index is 12.5. The summed E-state index contributed by atoms with van der Waals surface area (Å²) in [6.45, 7) is 8.40. The molecule has 0 saturated heterocycles. The molecule has 0 radical (unpaired) electrons. The Labute approximate surface area is 180 Å². The first kappa shape index (κ1) is 21.4. The summed E-state index contributed by atoms with van der Waals surface area (Å²) in [4.78, 5) is 12.5. The molecule has 1 unspecified atom stereocenters. The van der Waals surface area contributed by atoms with E-state index >= 15 is 0 Å². The van der Waals surface area contributed by atoms with E-state index in [-0.39, 0.29) is 16.6 Å². The summed E-state index contributed by atoms with van der Waals surface area (Å²) >= 11 is 7.48. The lowest BCUT2D eigenvalue weighted by molar-refractivity contribution is -0.115. The Morgan fingerprint density at radius 3 is 2.38 bits per heavy atom. The maximum Gasteiger partial charge on any atom is 0.237 e. The smallest absolute Gasteiger partial charge is 0.237 e. The molecule has 0 aliphatic carbocycles. The van der Waals surface area contributed by atoms with Gasteiger partial charge in [0.05, 0.1) is 16.0 Å². The summed E-state index contributed by atoms with van der Waals surface area (Å²) < 4.78 is 1.91. The number of amides is 1. The van der Waals surface area contributed by atoms with Gasteiger partial charge in [-0.15, -0.1) is 10.2 Å². The number of anilines is 1. The number of hydrogen-bond acceptors (Lipinski definition) is 4. The van der Waals surface area contributed by atoms with E-state index < -0.39 is 0 Å². The summed E-state index contributed by atoms with van der Waals surface area (Å²) in [6.07, 6.45) is 0. The minimum Gasteiger partial charge on any atom is -0.324 e. The fourth-order valence-corrected chi connectivity index (χ4v) is 3.79. The molecular formula is C22H25ClN4OS. The van der Waals surface area contributed by atoms with Crippen molar-refractivity contribution in [1.82, 2.24) is 14.8 Å². The van der Waals surface area contributed by atoms with Gasteiger partial charge in [0.2, 0.25) is 5.91 Å². The van der Waals surface area contributed by atoms with E-state index in [1.165, 1.54) is 17.3 Å². The van der Waals surface area contributed by atoms with Gasteiger partial charge >= 0.3 is 0 Å². The Kier molecular flexibility index (Phi) is 6.34. The number of rotatable bonds is 5. The van der Waals surface area contributed by atoms with Crippen LogP contribution in [0.3, 0.4) is 0 Å². The Morgan fingerprint density at radius 1 is 1.10 bits per heavy atom. The number of aromatic nitrogens is 3. The summed E-state index contributed by atoms with van der Waals surface area (Å²) in [5.41, 5.74) is 2.96. The monoisotopic (exact) mass is 428 g/mol. The van der Waals surface area contributed by atoms with Crippen molar-refractivity contribution in [3.63, 3.8) is 0 Å². The lowest BCUT2D eigenvalue weighted by atomic mass is 9.87. The third-order valence-corrected chi connectivity index (χ3v) is 6.09. The molecule has 2 aromatic carbocycles. The molecule has 29 heavy (non-hydrogen) atoms. The van der Waals surface area contributed by atoms with Gasteiger partial charge in [0.1, 0.15) is 0 Å². The Bertz CT molecular complexity index is 1010. The van der Waals surface area contributed by atoms with Gasteiger partial charge in [0.15, 0.2) is 11.0 Å². The van der Waals surface area contributed by atoms with Gasteiger partial charge in [-0.05, 0) is 30.0 Å². The first-order chi connectivity index (χ1) is 13.7. The van der Waals surface area contributed by atoms with Gasteiger partial charge in [-0.1, -0.05) is 80.5 Å². The van der Waals surface area contributed by atoms with Gasteiger partial charge in [0, 0.05) is 12.6 Å². The van der Waals surface area contributed by atoms with E-state index in [4.69, 9.17) is 11.6 Å². The van der Waals surface area contributed by atoms with Crippen LogP contribution >= 0.6 is 23.4 Å². The molecule has 0 bridgehead atoms. The highest BCUT2D eigenvalue weighted by atomic mass is 35.5. The van der Waals surface area contributed by atoms with Crippen LogP contribution in [0.1, 0.15) is 33.3 Å². The molecule has 0 aliphatic rings. The van der Waals surface area contributed by atoms with Crippen LogP contribution in [0, 0.1) is 0 Å². The molecule has 1 N–H and O–H groups in total. The zero-order valence-electron chi connectivity index (χ0n) is 17.2. The van der Waals surface area contributed by atoms with Gasteiger partial charge in [-0.3, -0.25) is 4.79 Å². The van der Waals surface area contributed by atoms with Crippen LogP contribution in [-0.4, -0.2) is 25.9 Å². The molecule has 1 heterocycles. The normalized spacial score (nSPS) is 12.6. The van der Waals surface area contributed by atoms with Crippen molar-refractivity contribution >= 4 is 35.0 Å². The van der Waals surface area contributed by atoms with Crippen LogP contribution in [0.25, 0.3) is 11.4 Å². The quantitative estimate of drug-likeness (QED) is 0.541. The third-order valence-electron chi connectivity index (χ3n) is 4.63. The molecule has 1 aromatic heterocycles. The maximum atomic E-state index is 12.5. The third kappa shape index (κ3) is 5.00. The summed E-state index contributed by atoms with van der Waals surface area (Å²) in [5.74, 6) is 0.633. The number of carbonyl (C=O) groups is 1. The lowest BCUT2D eigenvalue weighted by Crippen LogP contribution is -2.23. The van der Waals surface area contributed by atoms with Crippen LogP contribution < -0.4 is 5.32 Å². The molecule has 3 aromatic rings. The van der Waals surface area contributed by atoms with Crippen molar-refractivity contribution in [2.45, 2.75) is 43.5 Å².